The van der Waals surface area contributed by atoms with E-state index in [1.165, 1.54) is 43.2 Å². The molecule has 0 aliphatic heterocycles. The van der Waals surface area contributed by atoms with E-state index in [1.54, 1.807) is 0 Å². The minimum absolute atomic E-state index is 0.267. The molecule has 15 heavy (non-hydrogen) atoms. The number of fused-ring (bicyclic) bond motifs is 1. The Balaban J connectivity index is 2.26. The molecule has 1 aromatic rings. The van der Waals surface area contributed by atoms with Gasteiger partial charge >= 0.3 is 0 Å². The lowest BCUT2D eigenvalue weighted by Crippen LogP contribution is -2.20. The zero-order valence-corrected chi connectivity index (χ0v) is 9.58. The minimum Gasteiger partial charge on any atom is -0.324 e. The average Bonchev–Trinajstić information content (AvgIpc) is 2.41. The Hall–Kier alpha value is -0.820. The number of rotatable bonds is 2. The Morgan fingerprint density at radius 3 is 2.93 bits per heavy atom. The van der Waals surface area contributed by atoms with Crippen LogP contribution in [0.2, 0.25) is 0 Å². The van der Waals surface area contributed by atoms with Gasteiger partial charge in [-0.05, 0) is 42.7 Å². The normalized spacial score (nSPS) is 25.7. The van der Waals surface area contributed by atoms with Gasteiger partial charge in [0.15, 0.2) is 0 Å². The number of benzene rings is 1. The van der Waals surface area contributed by atoms with E-state index in [0.717, 1.165) is 0 Å². The van der Waals surface area contributed by atoms with Gasteiger partial charge in [-0.1, -0.05) is 37.6 Å². The summed E-state index contributed by atoms with van der Waals surface area (Å²) in [4.78, 5) is 0. The van der Waals surface area contributed by atoms with E-state index >= 15 is 0 Å². The standard InChI is InChI=1S/C14H21N/c1-2-6-12-9-5-8-11-7-3-4-10-13(11)14(12)15/h3-4,7,10,12,14H,2,5-6,8-9,15H2,1H3. The first-order valence-electron chi connectivity index (χ1n) is 6.16. The zero-order valence-electron chi connectivity index (χ0n) is 9.58. The highest BCUT2D eigenvalue weighted by Crippen LogP contribution is 2.33. The minimum atomic E-state index is 0.267. The smallest absolute Gasteiger partial charge is 0.0326 e. The SMILES string of the molecule is CCCC1CCCc2ccccc2C1N. The highest BCUT2D eigenvalue weighted by molar-refractivity contribution is 5.31. The molecule has 0 saturated heterocycles. The Morgan fingerprint density at radius 2 is 2.13 bits per heavy atom. The molecule has 0 amide bonds. The van der Waals surface area contributed by atoms with E-state index in [2.05, 4.69) is 31.2 Å². The van der Waals surface area contributed by atoms with Crippen LogP contribution < -0.4 is 5.73 Å². The predicted octanol–water partition coefficient (Wildman–Crippen LogP) is 3.44. The van der Waals surface area contributed by atoms with Crippen molar-refractivity contribution in [3.05, 3.63) is 35.4 Å². The predicted molar refractivity (Wildman–Crippen MR) is 64.7 cm³/mol. The lowest BCUT2D eigenvalue weighted by Gasteiger charge is -2.22. The van der Waals surface area contributed by atoms with Crippen LogP contribution in [0.4, 0.5) is 0 Å². The van der Waals surface area contributed by atoms with Crippen LogP contribution in [0.25, 0.3) is 0 Å². The molecule has 0 saturated carbocycles. The fraction of sp³-hybridized carbons (Fsp3) is 0.571. The summed E-state index contributed by atoms with van der Waals surface area (Å²) in [5, 5.41) is 0. The Labute approximate surface area is 92.7 Å². The molecule has 2 unspecified atom stereocenters. The first kappa shape index (κ1) is 10.7. The maximum absolute atomic E-state index is 6.38. The second-order valence-electron chi connectivity index (χ2n) is 4.67. The van der Waals surface area contributed by atoms with Gasteiger partial charge in [0, 0.05) is 6.04 Å². The maximum Gasteiger partial charge on any atom is 0.0326 e. The van der Waals surface area contributed by atoms with Crippen molar-refractivity contribution >= 4 is 0 Å². The summed E-state index contributed by atoms with van der Waals surface area (Å²) in [7, 11) is 0. The lowest BCUT2D eigenvalue weighted by atomic mass is 9.88. The fourth-order valence-electron chi connectivity index (χ4n) is 2.77. The molecular formula is C14H21N. The highest BCUT2D eigenvalue weighted by atomic mass is 14.7. The molecule has 1 aliphatic carbocycles. The van der Waals surface area contributed by atoms with Gasteiger partial charge in [-0.25, -0.2) is 0 Å². The first-order valence-corrected chi connectivity index (χ1v) is 6.16. The van der Waals surface area contributed by atoms with Crippen molar-refractivity contribution in [3.63, 3.8) is 0 Å². The molecule has 82 valence electrons. The summed E-state index contributed by atoms with van der Waals surface area (Å²) in [5.41, 5.74) is 9.25. The Bertz CT molecular complexity index is 319. The van der Waals surface area contributed by atoms with Gasteiger partial charge < -0.3 is 5.73 Å². The number of aryl methyl sites for hydroxylation is 1. The third-order valence-electron chi connectivity index (χ3n) is 3.60. The van der Waals surface area contributed by atoms with Gasteiger partial charge in [0.05, 0.1) is 0 Å². The van der Waals surface area contributed by atoms with Crippen molar-refractivity contribution < 1.29 is 0 Å². The van der Waals surface area contributed by atoms with E-state index in [9.17, 15) is 0 Å². The van der Waals surface area contributed by atoms with Gasteiger partial charge in [-0.2, -0.15) is 0 Å². The van der Waals surface area contributed by atoms with Crippen LogP contribution in [0.5, 0.6) is 0 Å². The van der Waals surface area contributed by atoms with Crippen LogP contribution in [0, 0.1) is 5.92 Å². The third-order valence-corrected chi connectivity index (χ3v) is 3.60. The van der Waals surface area contributed by atoms with Crippen LogP contribution in [-0.4, -0.2) is 0 Å². The van der Waals surface area contributed by atoms with Crippen molar-refractivity contribution in [3.8, 4) is 0 Å². The van der Waals surface area contributed by atoms with Gasteiger partial charge in [0.1, 0.15) is 0 Å². The van der Waals surface area contributed by atoms with Crippen molar-refractivity contribution in [2.24, 2.45) is 11.7 Å². The van der Waals surface area contributed by atoms with Crippen LogP contribution in [-0.2, 0) is 6.42 Å². The van der Waals surface area contributed by atoms with Crippen molar-refractivity contribution in [1.29, 1.82) is 0 Å². The molecule has 0 spiro atoms. The van der Waals surface area contributed by atoms with E-state index < -0.39 is 0 Å². The van der Waals surface area contributed by atoms with E-state index in [1.807, 2.05) is 0 Å². The molecule has 2 rings (SSSR count). The number of hydrogen-bond acceptors (Lipinski definition) is 1. The van der Waals surface area contributed by atoms with Gasteiger partial charge in [-0.3, -0.25) is 0 Å². The monoisotopic (exact) mass is 203 g/mol. The van der Waals surface area contributed by atoms with Crippen molar-refractivity contribution in [1.82, 2.24) is 0 Å². The molecule has 0 fully saturated rings. The molecule has 0 bridgehead atoms. The summed E-state index contributed by atoms with van der Waals surface area (Å²) < 4.78 is 0. The fourth-order valence-corrected chi connectivity index (χ4v) is 2.77. The molecule has 0 heterocycles. The summed E-state index contributed by atoms with van der Waals surface area (Å²) in [6, 6.07) is 8.97. The van der Waals surface area contributed by atoms with Gasteiger partial charge in [-0.15, -0.1) is 0 Å². The van der Waals surface area contributed by atoms with Crippen LogP contribution in [0.1, 0.15) is 49.8 Å². The number of nitrogens with two attached hydrogens (primary N) is 1. The molecule has 2 N–H and O–H groups in total. The van der Waals surface area contributed by atoms with Crippen molar-refractivity contribution in [2.75, 3.05) is 0 Å². The molecule has 0 aromatic heterocycles. The summed E-state index contributed by atoms with van der Waals surface area (Å²) in [5.74, 6) is 0.693. The quantitative estimate of drug-likeness (QED) is 0.732. The molecule has 2 atom stereocenters. The van der Waals surface area contributed by atoms with Gasteiger partial charge in [0.25, 0.3) is 0 Å². The lowest BCUT2D eigenvalue weighted by molar-refractivity contribution is 0.374. The van der Waals surface area contributed by atoms with E-state index in [0.29, 0.717) is 5.92 Å². The van der Waals surface area contributed by atoms with Gasteiger partial charge in [0.2, 0.25) is 0 Å². The molecular weight excluding hydrogens is 182 g/mol. The summed E-state index contributed by atoms with van der Waals surface area (Å²) in [6.07, 6.45) is 6.33. The van der Waals surface area contributed by atoms with E-state index in [4.69, 9.17) is 5.73 Å². The van der Waals surface area contributed by atoms with Crippen LogP contribution in [0.3, 0.4) is 0 Å². The summed E-state index contributed by atoms with van der Waals surface area (Å²) >= 11 is 0. The third kappa shape index (κ3) is 2.23. The van der Waals surface area contributed by atoms with Crippen LogP contribution >= 0.6 is 0 Å². The molecule has 1 aliphatic rings. The largest absolute Gasteiger partial charge is 0.324 e. The van der Waals surface area contributed by atoms with E-state index in [-0.39, 0.29) is 6.04 Å². The second kappa shape index (κ2) is 4.80. The zero-order chi connectivity index (χ0) is 10.7. The molecule has 1 heteroatoms. The second-order valence-corrected chi connectivity index (χ2v) is 4.67. The molecule has 0 radical (unpaired) electrons. The maximum atomic E-state index is 6.38. The first-order chi connectivity index (χ1) is 7.33. The molecule has 1 aromatic carbocycles. The Morgan fingerprint density at radius 1 is 1.33 bits per heavy atom. The highest BCUT2D eigenvalue weighted by Gasteiger charge is 2.23. The van der Waals surface area contributed by atoms with Crippen molar-refractivity contribution in [2.45, 2.75) is 45.1 Å². The number of hydrogen-bond donors (Lipinski definition) is 1. The Kier molecular flexibility index (Phi) is 3.42. The molecule has 1 nitrogen and oxygen atoms in total. The average molecular weight is 203 g/mol. The van der Waals surface area contributed by atoms with Crippen LogP contribution in [0.15, 0.2) is 24.3 Å². The summed E-state index contributed by atoms with van der Waals surface area (Å²) in [6.45, 7) is 2.25. The topological polar surface area (TPSA) is 26.0 Å².